The van der Waals surface area contributed by atoms with Gasteiger partial charge in [0.05, 0.1) is 5.52 Å². The maximum absolute atomic E-state index is 2.41. The normalized spacial score (nSPS) is 12.5. The highest BCUT2D eigenvalue weighted by molar-refractivity contribution is 5.92. The molecule has 53 heavy (non-hydrogen) atoms. The fourth-order valence-corrected chi connectivity index (χ4v) is 8.18. The van der Waals surface area contributed by atoms with E-state index in [1.165, 1.54) is 72.4 Å². The van der Waals surface area contributed by atoms with Gasteiger partial charge < -0.3 is 9.47 Å². The number of fused-ring (bicyclic) bond motifs is 4. The van der Waals surface area contributed by atoms with E-state index < -0.39 is 0 Å². The molecule has 0 aliphatic heterocycles. The van der Waals surface area contributed by atoms with Gasteiger partial charge in [0.1, 0.15) is 0 Å². The maximum Gasteiger partial charge on any atom is 0.0534 e. The zero-order valence-electron chi connectivity index (χ0n) is 31.6. The van der Waals surface area contributed by atoms with Crippen LogP contribution in [0.1, 0.15) is 50.1 Å². The maximum atomic E-state index is 2.41. The molecule has 0 fully saturated rings. The van der Waals surface area contributed by atoms with Crippen LogP contribution in [0.4, 0.5) is 17.1 Å². The van der Waals surface area contributed by atoms with Crippen LogP contribution in [-0.4, -0.2) is 4.57 Å². The Labute approximate surface area is 314 Å². The highest BCUT2D eigenvalue weighted by Crippen LogP contribution is 2.50. The van der Waals surface area contributed by atoms with Gasteiger partial charge in [-0.2, -0.15) is 0 Å². The molecule has 1 aliphatic carbocycles. The second-order valence-electron chi connectivity index (χ2n) is 14.3. The smallest absolute Gasteiger partial charge is 0.0534 e. The van der Waals surface area contributed by atoms with Crippen LogP contribution in [0.2, 0.25) is 0 Å². The molecule has 0 saturated carbocycles. The Hall–Kier alpha value is -6.12. The van der Waals surface area contributed by atoms with Crippen LogP contribution >= 0.6 is 0 Å². The highest BCUT2D eigenvalue weighted by atomic mass is 15.1. The molecule has 0 unspecified atom stereocenters. The van der Waals surface area contributed by atoms with Gasteiger partial charge in [-0.1, -0.05) is 137 Å². The van der Waals surface area contributed by atoms with Crippen molar-refractivity contribution >= 4 is 28.0 Å². The van der Waals surface area contributed by atoms with E-state index in [1.807, 2.05) is 13.8 Å². The van der Waals surface area contributed by atoms with Crippen molar-refractivity contribution < 1.29 is 0 Å². The second kappa shape index (κ2) is 13.8. The number of aryl methyl sites for hydroxylation is 1. The Kier molecular flexibility index (Phi) is 8.84. The molecule has 8 aromatic rings. The van der Waals surface area contributed by atoms with Gasteiger partial charge >= 0.3 is 0 Å². The van der Waals surface area contributed by atoms with Gasteiger partial charge in [0, 0.05) is 39.2 Å². The Balaban J connectivity index is 0.00000197. The van der Waals surface area contributed by atoms with E-state index in [9.17, 15) is 0 Å². The summed E-state index contributed by atoms with van der Waals surface area (Å²) < 4.78 is 2.37. The Morgan fingerprint density at radius 1 is 0.453 bits per heavy atom. The summed E-state index contributed by atoms with van der Waals surface area (Å²) in [6.45, 7) is 13.2. The van der Waals surface area contributed by atoms with Crippen LogP contribution in [0.5, 0.6) is 0 Å². The van der Waals surface area contributed by atoms with Crippen LogP contribution in [0.15, 0.2) is 170 Å². The molecule has 1 aromatic heterocycles. The Morgan fingerprint density at radius 2 is 0.962 bits per heavy atom. The average molecular weight is 687 g/mol. The summed E-state index contributed by atoms with van der Waals surface area (Å²) in [5.41, 5.74) is 18.6. The van der Waals surface area contributed by atoms with Gasteiger partial charge in [0.15, 0.2) is 0 Å². The topological polar surface area (TPSA) is 8.17 Å². The Bertz CT molecular complexity index is 2540. The molecular formula is C51H46N2. The first-order valence-electron chi connectivity index (χ1n) is 18.9. The summed E-state index contributed by atoms with van der Waals surface area (Å²) in [6, 6.07) is 62.1. The van der Waals surface area contributed by atoms with Gasteiger partial charge in [-0.25, -0.2) is 0 Å². The lowest BCUT2D eigenvalue weighted by Crippen LogP contribution is -2.16. The standard InChI is InChI=1S/C49H40N2.C2H6/c1-33-34(2)50(39-15-9-6-10-16-39)48-30-23-38(31-45(33)48)37-21-26-41(27-22-37)51(40-24-19-36(20-25-40)35-13-7-5-8-14-35)42-28-29-44-43-17-11-12-18-46(43)49(3,4)47(44)32-42;1-2/h5-32H,1-4H3;1-2H3. The first-order valence-corrected chi connectivity index (χ1v) is 18.9. The second-order valence-corrected chi connectivity index (χ2v) is 14.3. The van der Waals surface area contributed by atoms with E-state index in [1.54, 1.807) is 0 Å². The van der Waals surface area contributed by atoms with Gasteiger partial charge in [-0.3, -0.25) is 0 Å². The predicted molar refractivity (Wildman–Crippen MR) is 227 cm³/mol. The fourth-order valence-electron chi connectivity index (χ4n) is 8.18. The number of hydrogen-bond donors (Lipinski definition) is 0. The molecule has 0 amide bonds. The predicted octanol–water partition coefficient (Wildman–Crippen LogP) is 14.4. The van der Waals surface area contributed by atoms with E-state index >= 15 is 0 Å². The Morgan fingerprint density at radius 3 is 1.62 bits per heavy atom. The summed E-state index contributed by atoms with van der Waals surface area (Å²) in [6.07, 6.45) is 0. The molecule has 0 N–H and O–H groups in total. The van der Waals surface area contributed by atoms with E-state index in [-0.39, 0.29) is 5.41 Å². The minimum absolute atomic E-state index is 0.0801. The van der Waals surface area contributed by atoms with Gasteiger partial charge in [-0.15, -0.1) is 0 Å². The SMILES string of the molecule is CC.Cc1c(C)n(-c2ccccc2)c2ccc(-c3ccc(N(c4ccc(-c5ccccc5)cc4)c4ccc5c(c4)C(C)(C)c4ccccc4-5)cc3)cc12. The third-order valence-electron chi connectivity index (χ3n) is 11.1. The summed E-state index contributed by atoms with van der Waals surface area (Å²) in [5, 5.41) is 1.29. The molecule has 0 bridgehead atoms. The lowest BCUT2D eigenvalue weighted by atomic mass is 9.82. The van der Waals surface area contributed by atoms with Crippen LogP contribution in [0, 0.1) is 13.8 Å². The molecule has 0 saturated heterocycles. The third kappa shape index (κ3) is 5.85. The summed E-state index contributed by atoms with van der Waals surface area (Å²) in [5.74, 6) is 0. The number of aromatic nitrogens is 1. The molecule has 260 valence electrons. The molecule has 0 radical (unpaired) electrons. The van der Waals surface area contributed by atoms with Gasteiger partial charge in [-0.05, 0) is 125 Å². The minimum atomic E-state index is -0.0801. The van der Waals surface area contributed by atoms with E-state index in [2.05, 4.69) is 207 Å². The lowest BCUT2D eigenvalue weighted by Gasteiger charge is -2.28. The van der Waals surface area contributed by atoms with Gasteiger partial charge in [0.2, 0.25) is 0 Å². The zero-order valence-corrected chi connectivity index (χ0v) is 31.6. The van der Waals surface area contributed by atoms with Crippen molar-refractivity contribution in [1.82, 2.24) is 4.57 Å². The van der Waals surface area contributed by atoms with E-state index in [0.29, 0.717) is 0 Å². The molecule has 1 heterocycles. The molecule has 1 aliphatic rings. The van der Waals surface area contributed by atoms with Crippen molar-refractivity contribution in [2.75, 3.05) is 4.90 Å². The number of benzene rings is 7. The number of para-hydroxylation sites is 1. The summed E-state index contributed by atoms with van der Waals surface area (Å²) in [7, 11) is 0. The monoisotopic (exact) mass is 686 g/mol. The largest absolute Gasteiger partial charge is 0.314 e. The molecule has 2 heteroatoms. The average Bonchev–Trinajstić information content (AvgIpc) is 3.61. The van der Waals surface area contributed by atoms with Gasteiger partial charge in [0.25, 0.3) is 0 Å². The van der Waals surface area contributed by atoms with Crippen molar-refractivity contribution in [3.8, 4) is 39.1 Å². The van der Waals surface area contributed by atoms with Crippen LogP contribution < -0.4 is 4.90 Å². The molecule has 0 spiro atoms. The van der Waals surface area contributed by atoms with Crippen molar-refractivity contribution in [2.24, 2.45) is 0 Å². The third-order valence-corrected chi connectivity index (χ3v) is 11.1. The number of nitrogens with zero attached hydrogens (tertiary/aromatic N) is 2. The van der Waals surface area contributed by atoms with E-state index in [0.717, 1.165) is 17.1 Å². The first kappa shape index (κ1) is 34.0. The highest BCUT2D eigenvalue weighted by Gasteiger charge is 2.35. The van der Waals surface area contributed by atoms with Crippen molar-refractivity contribution in [2.45, 2.75) is 47.0 Å². The van der Waals surface area contributed by atoms with Crippen molar-refractivity contribution in [3.05, 3.63) is 192 Å². The number of anilines is 3. The van der Waals surface area contributed by atoms with Crippen LogP contribution in [0.3, 0.4) is 0 Å². The fraction of sp³-hybridized carbons (Fsp3) is 0.137. The molecule has 9 rings (SSSR count). The number of rotatable bonds is 6. The summed E-state index contributed by atoms with van der Waals surface area (Å²) >= 11 is 0. The van der Waals surface area contributed by atoms with E-state index in [4.69, 9.17) is 0 Å². The lowest BCUT2D eigenvalue weighted by molar-refractivity contribution is 0.660. The zero-order chi connectivity index (χ0) is 36.7. The molecular weight excluding hydrogens is 641 g/mol. The van der Waals surface area contributed by atoms with Crippen LogP contribution in [-0.2, 0) is 5.41 Å². The quantitative estimate of drug-likeness (QED) is 0.169. The first-order chi connectivity index (χ1) is 25.9. The molecule has 2 nitrogen and oxygen atoms in total. The van der Waals surface area contributed by atoms with Crippen molar-refractivity contribution in [3.63, 3.8) is 0 Å². The molecule has 0 atom stereocenters. The molecule has 7 aromatic carbocycles. The number of hydrogen-bond acceptors (Lipinski definition) is 1. The van der Waals surface area contributed by atoms with Crippen LogP contribution in [0.25, 0.3) is 50.0 Å². The minimum Gasteiger partial charge on any atom is -0.314 e. The summed E-state index contributed by atoms with van der Waals surface area (Å²) in [4.78, 5) is 2.40. The van der Waals surface area contributed by atoms with Crippen molar-refractivity contribution in [1.29, 1.82) is 0 Å².